The van der Waals surface area contributed by atoms with Crippen molar-refractivity contribution in [1.82, 2.24) is 9.78 Å². The summed E-state index contributed by atoms with van der Waals surface area (Å²) in [7, 11) is 0. The van der Waals surface area contributed by atoms with E-state index in [-0.39, 0.29) is 0 Å². The molecule has 21 heavy (non-hydrogen) atoms. The minimum Gasteiger partial charge on any atom is -0.480 e. The summed E-state index contributed by atoms with van der Waals surface area (Å²) in [4.78, 5) is 11.0. The molecule has 1 atom stereocenters. The lowest BCUT2D eigenvalue weighted by Crippen LogP contribution is -2.46. The first-order chi connectivity index (χ1) is 9.90. The van der Waals surface area contributed by atoms with Crippen LogP contribution in [-0.2, 0) is 10.5 Å². The van der Waals surface area contributed by atoms with Crippen molar-refractivity contribution in [1.29, 1.82) is 0 Å². The lowest BCUT2D eigenvalue weighted by Gasteiger charge is -2.27. The molecule has 0 saturated carbocycles. The second-order valence-corrected chi connectivity index (χ2v) is 6.92. The molecular formula is C15H19N3O2S. The van der Waals surface area contributed by atoms with E-state index in [1.807, 2.05) is 56.4 Å². The van der Waals surface area contributed by atoms with Gasteiger partial charge in [0.15, 0.2) is 0 Å². The summed E-state index contributed by atoms with van der Waals surface area (Å²) < 4.78 is 1.25. The number of rotatable bonds is 6. The maximum atomic E-state index is 11.0. The van der Waals surface area contributed by atoms with E-state index in [4.69, 9.17) is 10.8 Å². The lowest BCUT2D eigenvalue weighted by atomic mass is 10.1. The van der Waals surface area contributed by atoms with E-state index in [0.29, 0.717) is 5.75 Å². The van der Waals surface area contributed by atoms with Gasteiger partial charge in [0.1, 0.15) is 6.04 Å². The molecule has 0 bridgehead atoms. The van der Waals surface area contributed by atoms with Crippen molar-refractivity contribution in [3.63, 3.8) is 0 Å². The Bertz CT molecular complexity index is 610. The van der Waals surface area contributed by atoms with Crippen molar-refractivity contribution in [3.05, 3.63) is 48.3 Å². The van der Waals surface area contributed by atoms with Gasteiger partial charge in [-0.2, -0.15) is 5.10 Å². The van der Waals surface area contributed by atoms with E-state index in [1.165, 1.54) is 11.8 Å². The van der Waals surface area contributed by atoms with Crippen LogP contribution in [0.5, 0.6) is 0 Å². The van der Waals surface area contributed by atoms with Crippen molar-refractivity contribution in [2.24, 2.45) is 5.73 Å². The fraction of sp³-hybridized carbons (Fsp3) is 0.333. The van der Waals surface area contributed by atoms with Gasteiger partial charge in [-0.15, -0.1) is 11.8 Å². The van der Waals surface area contributed by atoms with Crippen molar-refractivity contribution in [2.75, 3.05) is 0 Å². The fourth-order valence-electron chi connectivity index (χ4n) is 1.81. The van der Waals surface area contributed by atoms with Crippen LogP contribution in [0, 0.1) is 0 Å². The molecule has 2 aromatic rings. The van der Waals surface area contributed by atoms with Gasteiger partial charge in [0.05, 0.1) is 11.4 Å². The molecule has 1 aromatic heterocycles. The number of aromatic nitrogens is 2. The third-order valence-electron chi connectivity index (χ3n) is 3.27. The van der Waals surface area contributed by atoms with Gasteiger partial charge in [0.2, 0.25) is 0 Å². The lowest BCUT2D eigenvalue weighted by molar-refractivity contribution is -0.139. The Labute approximate surface area is 128 Å². The number of hydrogen-bond donors (Lipinski definition) is 2. The molecule has 3 N–H and O–H groups in total. The normalized spacial score (nSPS) is 13.1. The third-order valence-corrected chi connectivity index (χ3v) is 4.71. The summed E-state index contributed by atoms with van der Waals surface area (Å²) in [5.41, 5.74) is 7.60. The van der Waals surface area contributed by atoms with Crippen LogP contribution >= 0.6 is 11.8 Å². The highest BCUT2D eigenvalue weighted by atomic mass is 32.2. The van der Waals surface area contributed by atoms with Crippen LogP contribution < -0.4 is 5.73 Å². The van der Waals surface area contributed by atoms with Crippen LogP contribution in [0.25, 0.3) is 5.69 Å². The molecule has 0 saturated heterocycles. The molecule has 0 amide bonds. The number of nitrogens with zero attached hydrogens (tertiary/aromatic N) is 2. The number of benzene rings is 1. The zero-order valence-electron chi connectivity index (χ0n) is 12.1. The summed E-state index contributed by atoms with van der Waals surface area (Å²) in [5.74, 6) is -0.365. The predicted octanol–water partition coefficient (Wildman–Crippen LogP) is 2.30. The largest absolute Gasteiger partial charge is 0.480 e. The Morgan fingerprint density at radius 1 is 1.38 bits per heavy atom. The highest BCUT2D eigenvalue weighted by molar-refractivity contribution is 7.99. The van der Waals surface area contributed by atoms with Crippen molar-refractivity contribution in [3.8, 4) is 5.69 Å². The van der Waals surface area contributed by atoms with Gasteiger partial charge in [-0.3, -0.25) is 4.79 Å². The number of carbonyl (C=O) groups is 1. The van der Waals surface area contributed by atoms with Crippen LogP contribution in [-0.4, -0.2) is 31.6 Å². The van der Waals surface area contributed by atoms with Crippen molar-refractivity contribution < 1.29 is 9.90 Å². The van der Waals surface area contributed by atoms with Crippen LogP contribution in [0.3, 0.4) is 0 Å². The minimum atomic E-state index is -0.984. The van der Waals surface area contributed by atoms with Gasteiger partial charge in [0.25, 0.3) is 0 Å². The first-order valence-electron chi connectivity index (χ1n) is 6.62. The number of thioether (sulfide) groups is 1. The second kappa shape index (κ2) is 6.32. The smallest absolute Gasteiger partial charge is 0.321 e. The fourth-order valence-corrected chi connectivity index (χ4v) is 2.76. The Morgan fingerprint density at radius 2 is 2.05 bits per heavy atom. The summed E-state index contributed by atoms with van der Waals surface area (Å²) >= 11 is 1.50. The topological polar surface area (TPSA) is 81.1 Å². The highest BCUT2D eigenvalue weighted by Crippen LogP contribution is 2.30. The first-order valence-corrected chi connectivity index (χ1v) is 7.61. The van der Waals surface area contributed by atoms with Crippen molar-refractivity contribution in [2.45, 2.75) is 30.4 Å². The van der Waals surface area contributed by atoms with E-state index in [9.17, 15) is 4.79 Å². The molecule has 6 heteroatoms. The third kappa shape index (κ3) is 3.86. The molecule has 112 valence electrons. The summed E-state index contributed by atoms with van der Waals surface area (Å²) in [6.07, 6.45) is 1.90. The van der Waals surface area contributed by atoms with Crippen LogP contribution in [0.2, 0.25) is 0 Å². The molecule has 0 aliphatic rings. The van der Waals surface area contributed by atoms with E-state index < -0.39 is 16.8 Å². The monoisotopic (exact) mass is 305 g/mol. The average molecular weight is 305 g/mol. The van der Waals surface area contributed by atoms with Crippen LogP contribution in [0.4, 0.5) is 0 Å². The number of aliphatic carboxylic acids is 1. The molecule has 0 aliphatic carbocycles. The molecule has 5 nitrogen and oxygen atoms in total. The Hall–Kier alpha value is -1.79. The minimum absolute atomic E-state index is 0.553. The summed E-state index contributed by atoms with van der Waals surface area (Å²) in [6, 6.07) is 10.9. The predicted molar refractivity (Wildman–Crippen MR) is 84.5 cm³/mol. The molecule has 1 heterocycles. The van der Waals surface area contributed by atoms with E-state index >= 15 is 0 Å². The maximum Gasteiger partial charge on any atom is 0.321 e. The Balaban J connectivity index is 2.02. The maximum absolute atomic E-state index is 11.0. The number of hydrogen-bond acceptors (Lipinski definition) is 4. The molecular weight excluding hydrogens is 286 g/mol. The second-order valence-electron chi connectivity index (χ2n) is 5.30. The number of nitrogens with two attached hydrogens (primary N) is 1. The Morgan fingerprint density at radius 3 is 2.67 bits per heavy atom. The van der Waals surface area contributed by atoms with Gasteiger partial charge in [-0.05, 0) is 32.0 Å². The van der Waals surface area contributed by atoms with Crippen LogP contribution in [0.1, 0.15) is 19.5 Å². The van der Waals surface area contributed by atoms with Gasteiger partial charge in [0, 0.05) is 16.7 Å². The van der Waals surface area contributed by atoms with E-state index in [0.717, 1.165) is 11.4 Å². The zero-order valence-corrected chi connectivity index (χ0v) is 12.9. The SMILES string of the molecule is CC(C)(SCc1ccn(-c2ccccc2)n1)[C@H](N)C(=O)O. The van der Waals surface area contributed by atoms with Crippen LogP contribution in [0.15, 0.2) is 42.6 Å². The zero-order chi connectivity index (χ0) is 15.5. The molecule has 2 rings (SSSR count). The number of carboxylic acid groups (broad SMARTS) is 1. The molecule has 0 unspecified atom stereocenters. The van der Waals surface area contributed by atoms with E-state index in [1.54, 1.807) is 4.68 Å². The average Bonchev–Trinajstić information content (AvgIpc) is 2.94. The summed E-state index contributed by atoms with van der Waals surface area (Å²) in [5, 5.41) is 13.5. The molecule has 0 spiro atoms. The van der Waals surface area contributed by atoms with E-state index in [2.05, 4.69) is 5.10 Å². The highest BCUT2D eigenvalue weighted by Gasteiger charge is 2.32. The van der Waals surface area contributed by atoms with Gasteiger partial charge in [-0.1, -0.05) is 18.2 Å². The first kappa shape index (κ1) is 15.6. The van der Waals surface area contributed by atoms with Gasteiger partial charge >= 0.3 is 5.97 Å². The Kier molecular flexibility index (Phi) is 4.69. The standard InChI is InChI=1S/C15H19N3O2S/c1-15(2,13(16)14(19)20)21-10-11-8-9-18(17-11)12-6-4-3-5-7-12/h3-9,13H,10,16H2,1-2H3,(H,19,20)/t13-/m1/s1. The number of para-hydroxylation sites is 1. The molecule has 0 aliphatic heterocycles. The van der Waals surface area contributed by atoms with Crippen molar-refractivity contribution >= 4 is 17.7 Å². The molecule has 1 aromatic carbocycles. The molecule has 0 fully saturated rings. The number of carboxylic acids is 1. The van der Waals surface area contributed by atoms with Gasteiger partial charge < -0.3 is 10.8 Å². The molecule has 0 radical (unpaired) electrons. The summed E-state index contributed by atoms with van der Waals surface area (Å²) in [6.45, 7) is 3.68. The van der Waals surface area contributed by atoms with Gasteiger partial charge in [-0.25, -0.2) is 4.68 Å². The quantitative estimate of drug-likeness (QED) is 0.856.